The molecule has 1 N–H and O–H groups in total. The van der Waals surface area contributed by atoms with Gasteiger partial charge in [-0.1, -0.05) is 0 Å². The van der Waals surface area contributed by atoms with E-state index < -0.39 is 5.97 Å². The van der Waals surface area contributed by atoms with E-state index in [1.165, 1.54) is 7.11 Å². The van der Waals surface area contributed by atoms with E-state index in [2.05, 4.69) is 26.0 Å². The number of anilines is 1. The van der Waals surface area contributed by atoms with Crippen molar-refractivity contribution in [1.82, 2.24) is 0 Å². The van der Waals surface area contributed by atoms with Crippen molar-refractivity contribution in [1.29, 1.82) is 0 Å². The molecule has 2 rings (SSSR count). The summed E-state index contributed by atoms with van der Waals surface area (Å²) in [4.78, 5) is 23.7. The van der Waals surface area contributed by atoms with E-state index in [0.717, 1.165) is 0 Å². The largest absolute Gasteiger partial charge is 0.490 e. The SMILES string of the molecule is CCOc1ccc(NC(=O)COc2ccc(C(=O)OC)cc2Br)cc1OCC. The predicted molar refractivity (Wildman–Crippen MR) is 108 cm³/mol. The second-order valence-corrected chi connectivity index (χ2v) is 6.36. The number of amides is 1. The maximum absolute atomic E-state index is 12.2. The third-order valence-corrected chi connectivity index (χ3v) is 4.16. The quantitative estimate of drug-likeness (QED) is 0.578. The third-order valence-electron chi connectivity index (χ3n) is 3.54. The Morgan fingerprint density at radius 1 is 0.929 bits per heavy atom. The average molecular weight is 452 g/mol. The van der Waals surface area contributed by atoms with Crippen molar-refractivity contribution in [2.45, 2.75) is 13.8 Å². The Balaban J connectivity index is 1.99. The molecule has 0 aliphatic carbocycles. The first-order chi connectivity index (χ1) is 13.5. The van der Waals surface area contributed by atoms with Crippen LogP contribution in [0.2, 0.25) is 0 Å². The first-order valence-corrected chi connectivity index (χ1v) is 9.47. The molecule has 150 valence electrons. The number of methoxy groups -OCH3 is 1. The van der Waals surface area contributed by atoms with Gasteiger partial charge in [-0.2, -0.15) is 0 Å². The van der Waals surface area contributed by atoms with Crippen LogP contribution in [0, 0.1) is 0 Å². The van der Waals surface area contributed by atoms with Crippen molar-refractivity contribution in [2.75, 3.05) is 32.2 Å². The minimum Gasteiger partial charge on any atom is -0.490 e. The second-order valence-electron chi connectivity index (χ2n) is 5.50. The van der Waals surface area contributed by atoms with Crippen LogP contribution in [0.1, 0.15) is 24.2 Å². The molecule has 2 aromatic carbocycles. The summed E-state index contributed by atoms with van der Waals surface area (Å²) >= 11 is 3.32. The first kappa shape index (κ1) is 21.6. The Morgan fingerprint density at radius 2 is 1.61 bits per heavy atom. The van der Waals surface area contributed by atoms with Crippen LogP contribution in [-0.4, -0.2) is 38.8 Å². The van der Waals surface area contributed by atoms with E-state index in [1.807, 2.05) is 13.8 Å². The standard InChI is InChI=1S/C20H22BrNO6/c1-4-26-17-9-7-14(11-18(17)27-5-2)22-19(23)12-28-16-8-6-13(10-15(16)21)20(24)25-3/h6-11H,4-5,12H2,1-3H3,(H,22,23). The zero-order chi connectivity index (χ0) is 20.5. The Morgan fingerprint density at radius 3 is 2.25 bits per heavy atom. The summed E-state index contributed by atoms with van der Waals surface area (Å²) in [5.74, 6) is 0.822. The Hall–Kier alpha value is -2.74. The lowest BCUT2D eigenvalue weighted by molar-refractivity contribution is -0.118. The lowest BCUT2D eigenvalue weighted by atomic mass is 10.2. The van der Waals surface area contributed by atoms with Crippen molar-refractivity contribution in [2.24, 2.45) is 0 Å². The molecule has 0 aliphatic heterocycles. The number of ether oxygens (including phenoxy) is 4. The highest BCUT2D eigenvalue weighted by Crippen LogP contribution is 2.31. The molecule has 0 aliphatic rings. The number of hydrogen-bond donors (Lipinski definition) is 1. The summed E-state index contributed by atoms with van der Waals surface area (Å²) in [5.41, 5.74) is 0.949. The van der Waals surface area contributed by atoms with Crippen LogP contribution >= 0.6 is 15.9 Å². The summed E-state index contributed by atoms with van der Waals surface area (Å²) < 4.78 is 21.8. The van der Waals surface area contributed by atoms with Crippen LogP contribution < -0.4 is 19.5 Å². The van der Waals surface area contributed by atoms with Crippen molar-refractivity contribution in [3.8, 4) is 17.2 Å². The molecule has 0 saturated heterocycles. The number of rotatable bonds is 9. The zero-order valence-electron chi connectivity index (χ0n) is 15.9. The highest BCUT2D eigenvalue weighted by atomic mass is 79.9. The zero-order valence-corrected chi connectivity index (χ0v) is 17.5. The van der Waals surface area contributed by atoms with E-state index in [-0.39, 0.29) is 12.5 Å². The average Bonchev–Trinajstić information content (AvgIpc) is 2.68. The van der Waals surface area contributed by atoms with Crippen LogP contribution in [0.25, 0.3) is 0 Å². The van der Waals surface area contributed by atoms with Crippen LogP contribution in [0.15, 0.2) is 40.9 Å². The van der Waals surface area contributed by atoms with Gasteiger partial charge in [-0.15, -0.1) is 0 Å². The van der Waals surface area contributed by atoms with Crippen molar-refractivity contribution in [3.63, 3.8) is 0 Å². The lowest BCUT2D eigenvalue weighted by Crippen LogP contribution is -2.20. The molecule has 0 bridgehead atoms. The van der Waals surface area contributed by atoms with Gasteiger partial charge in [0.05, 0.1) is 30.4 Å². The number of benzene rings is 2. The predicted octanol–water partition coefficient (Wildman–Crippen LogP) is 4.05. The van der Waals surface area contributed by atoms with E-state index in [4.69, 9.17) is 14.2 Å². The summed E-state index contributed by atoms with van der Waals surface area (Å²) in [6, 6.07) is 9.89. The van der Waals surface area contributed by atoms with Gasteiger partial charge in [0.2, 0.25) is 0 Å². The molecule has 0 unspecified atom stereocenters. The Bertz CT molecular complexity index is 839. The van der Waals surface area contributed by atoms with Gasteiger partial charge in [-0.25, -0.2) is 4.79 Å². The molecular formula is C20H22BrNO6. The highest BCUT2D eigenvalue weighted by molar-refractivity contribution is 9.10. The molecule has 1 amide bonds. The monoisotopic (exact) mass is 451 g/mol. The molecule has 0 spiro atoms. The van der Waals surface area contributed by atoms with Gasteiger partial charge < -0.3 is 24.3 Å². The normalized spacial score (nSPS) is 10.1. The van der Waals surface area contributed by atoms with Crippen molar-refractivity contribution < 1.29 is 28.5 Å². The van der Waals surface area contributed by atoms with E-state index in [1.54, 1.807) is 36.4 Å². The van der Waals surface area contributed by atoms with E-state index >= 15 is 0 Å². The summed E-state index contributed by atoms with van der Waals surface area (Å²) in [5, 5.41) is 2.75. The minimum atomic E-state index is -0.453. The van der Waals surface area contributed by atoms with Gasteiger partial charge in [0.1, 0.15) is 5.75 Å². The molecule has 28 heavy (non-hydrogen) atoms. The Labute approximate surface area is 172 Å². The number of carbonyl (C=O) groups excluding carboxylic acids is 2. The smallest absolute Gasteiger partial charge is 0.337 e. The highest BCUT2D eigenvalue weighted by Gasteiger charge is 2.12. The van der Waals surface area contributed by atoms with Crippen molar-refractivity contribution in [3.05, 3.63) is 46.4 Å². The molecule has 0 radical (unpaired) electrons. The molecule has 2 aromatic rings. The van der Waals surface area contributed by atoms with Gasteiger partial charge in [-0.05, 0) is 60.1 Å². The van der Waals surface area contributed by atoms with E-state index in [9.17, 15) is 9.59 Å². The summed E-state index contributed by atoms with van der Waals surface area (Å²) in [6.45, 7) is 4.56. The molecule has 7 nitrogen and oxygen atoms in total. The van der Waals surface area contributed by atoms with Crippen molar-refractivity contribution >= 4 is 33.5 Å². The topological polar surface area (TPSA) is 83.1 Å². The number of hydrogen-bond acceptors (Lipinski definition) is 6. The Kier molecular flexibility index (Phi) is 8.13. The number of halogens is 1. The van der Waals surface area contributed by atoms with Gasteiger partial charge in [0, 0.05) is 11.8 Å². The van der Waals surface area contributed by atoms with Gasteiger partial charge >= 0.3 is 5.97 Å². The molecular weight excluding hydrogens is 430 g/mol. The molecule has 8 heteroatoms. The van der Waals surface area contributed by atoms with Crippen LogP contribution in [-0.2, 0) is 9.53 Å². The maximum atomic E-state index is 12.2. The molecule has 0 aromatic heterocycles. The third kappa shape index (κ3) is 5.88. The molecule has 0 heterocycles. The maximum Gasteiger partial charge on any atom is 0.337 e. The van der Waals surface area contributed by atoms with Gasteiger partial charge in [0.25, 0.3) is 5.91 Å². The summed E-state index contributed by atoms with van der Waals surface area (Å²) in [7, 11) is 1.31. The number of nitrogens with one attached hydrogen (secondary N) is 1. The van der Waals surface area contributed by atoms with Crippen LogP contribution in [0.5, 0.6) is 17.2 Å². The van der Waals surface area contributed by atoms with E-state index in [0.29, 0.717) is 46.2 Å². The fraction of sp³-hybridized carbons (Fsp3) is 0.300. The lowest BCUT2D eigenvalue weighted by Gasteiger charge is -2.13. The fourth-order valence-electron chi connectivity index (χ4n) is 2.33. The van der Waals surface area contributed by atoms with Crippen LogP contribution in [0.4, 0.5) is 5.69 Å². The first-order valence-electron chi connectivity index (χ1n) is 8.68. The summed E-state index contributed by atoms with van der Waals surface area (Å²) in [6.07, 6.45) is 0. The molecule has 0 atom stereocenters. The van der Waals surface area contributed by atoms with Gasteiger partial charge in [0.15, 0.2) is 18.1 Å². The number of esters is 1. The molecule has 0 saturated carbocycles. The van der Waals surface area contributed by atoms with Gasteiger partial charge in [-0.3, -0.25) is 4.79 Å². The minimum absolute atomic E-state index is 0.201. The molecule has 0 fully saturated rings. The second kappa shape index (κ2) is 10.6. The van der Waals surface area contributed by atoms with Crippen LogP contribution in [0.3, 0.4) is 0 Å². The fourth-order valence-corrected chi connectivity index (χ4v) is 2.83. The number of carbonyl (C=O) groups is 2.